The average Bonchev–Trinajstić information content (AvgIpc) is 2.85. The molecule has 1 aromatic carbocycles. The molecule has 0 aliphatic heterocycles. The van der Waals surface area contributed by atoms with Gasteiger partial charge in [0, 0.05) is 10.9 Å². The van der Waals surface area contributed by atoms with Crippen molar-refractivity contribution in [1.82, 2.24) is 4.98 Å². The number of ketones is 1. The third-order valence-corrected chi connectivity index (χ3v) is 3.73. The van der Waals surface area contributed by atoms with Crippen LogP contribution in [-0.4, -0.2) is 10.8 Å². The first-order valence-electron chi connectivity index (χ1n) is 5.82. The van der Waals surface area contributed by atoms with Gasteiger partial charge < -0.3 is 5.73 Å². The van der Waals surface area contributed by atoms with E-state index in [-0.39, 0.29) is 17.3 Å². The minimum absolute atomic E-state index is 0.0338. The standard InChI is InChI=1S/C13H10F4N2OS/c1-6(18)12-19-10(5-21-12)11(20)7-2-3-8(9(14)4-7)13(15,16)17/h2-6H,18H2,1H3. The summed E-state index contributed by atoms with van der Waals surface area (Å²) in [5.74, 6) is -2.14. The Morgan fingerprint density at radius 3 is 2.52 bits per heavy atom. The number of nitrogens with zero attached hydrogens (tertiary/aromatic N) is 1. The summed E-state index contributed by atoms with van der Waals surface area (Å²) in [7, 11) is 0. The van der Waals surface area contributed by atoms with Crippen molar-refractivity contribution in [2.45, 2.75) is 19.1 Å². The van der Waals surface area contributed by atoms with Crippen LogP contribution < -0.4 is 5.73 Å². The lowest BCUT2D eigenvalue weighted by molar-refractivity contribution is -0.140. The summed E-state index contributed by atoms with van der Waals surface area (Å²) in [6.45, 7) is 1.69. The summed E-state index contributed by atoms with van der Waals surface area (Å²) >= 11 is 1.16. The predicted octanol–water partition coefficient (Wildman–Crippen LogP) is 3.55. The van der Waals surface area contributed by atoms with Crippen LogP contribution in [0.5, 0.6) is 0 Å². The molecule has 3 nitrogen and oxygen atoms in total. The minimum atomic E-state index is -4.80. The summed E-state index contributed by atoms with van der Waals surface area (Å²) in [4.78, 5) is 16.0. The zero-order valence-corrected chi connectivity index (χ0v) is 11.6. The van der Waals surface area contributed by atoms with Gasteiger partial charge in [-0.2, -0.15) is 13.2 Å². The number of alkyl halides is 3. The number of benzene rings is 1. The second-order valence-electron chi connectivity index (χ2n) is 4.38. The predicted molar refractivity (Wildman–Crippen MR) is 69.6 cm³/mol. The SMILES string of the molecule is CC(N)c1nc(C(=O)c2ccc(C(F)(F)F)c(F)c2)cs1. The van der Waals surface area contributed by atoms with Crippen molar-refractivity contribution >= 4 is 17.1 Å². The Labute approximate surface area is 121 Å². The van der Waals surface area contributed by atoms with Gasteiger partial charge in [0.1, 0.15) is 16.5 Å². The number of rotatable bonds is 3. The van der Waals surface area contributed by atoms with E-state index in [1.54, 1.807) is 6.92 Å². The highest BCUT2D eigenvalue weighted by Crippen LogP contribution is 2.32. The molecule has 0 fully saturated rings. The number of hydrogen-bond acceptors (Lipinski definition) is 4. The first-order valence-corrected chi connectivity index (χ1v) is 6.70. The topological polar surface area (TPSA) is 56.0 Å². The zero-order valence-electron chi connectivity index (χ0n) is 10.7. The lowest BCUT2D eigenvalue weighted by atomic mass is 10.1. The lowest BCUT2D eigenvalue weighted by Crippen LogP contribution is -2.10. The molecule has 1 heterocycles. The maximum absolute atomic E-state index is 13.4. The van der Waals surface area contributed by atoms with Gasteiger partial charge in [0.15, 0.2) is 0 Å². The number of thiazole rings is 1. The minimum Gasteiger partial charge on any atom is -0.322 e. The van der Waals surface area contributed by atoms with Crippen LogP contribution in [-0.2, 0) is 6.18 Å². The van der Waals surface area contributed by atoms with Crippen LogP contribution >= 0.6 is 11.3 Å². The Morgan fingerprint density at radius 2 is 2.05 bits per heavy atom. The van der Waals surface area contributed by atoms with Crippen molar-refractivity contribution < 1.29 is 22.4 Å². The van der Waals surface area contributed by atoms with E-state index >= 15 is 0 Å². The molecular formula is C13H10F4N2OS. The fraction of sp³-hybridized carbons (Fsp3) is 0.231. The van der Waals surface area contributed by atoms with Crippen molar-refractivity contribution in [3.63, 3.8) is 0 Å². The average molecular weight is 318 g/mol. The number of halogens is 4. The van der Waals surface area contributed by atoms with Crippen LogP contribution in [0.1, 0.15) is 39.6 Å². The normalized spacial score (nSPS) is 13.2. The van der Waals surface area contributed by atoms with Crippen LogP contribution in [0.2, 0.25) is 0 Å². The molecule has 2 aromatic rings. The fourth-order valence-electron chi connectivity index (χ4n) is 1.64. The summed E-state index contributed by atoms with van der Waals surface area (Å²) in [6.07, 6.45) is -4.80. The van der Waals surface area contributed by atoms with E-state index in [1.807, 2.05) is 0 Å². The van der Waals surface area contributed by atoms with Gasteiger partial charge in [-0.1, -0.05) is 6.07 Å². The number of carbonyl (C=O) groups is 1. The lowest BCUT2D eigenvalue weighted by Gasteiger charge is -2.08. The van der Waals surface area contributed by atoms with Crippen molar-refractivity contribution in [2.75, 3.05) is 0 Å². The molecule has 0 saturated carbocycles. The Kier molecular flexibility index (Phi) is 4.11. The molecule has 0 saturated heterocycles. The highest BCUT2D eigenvalue weighted by molar-refractivity contribution is 7.09. The maximum Gasteiger partial charge on any atom is 0.419 e. The largest absolute Gasteiger partial charge is 0.419 e. The number of nitrogens with two attached hydrogens (primary N) is 1. The zero-order chi connectivity index (χ0) is 15.8. The molecule has 112 valence electrons. The van der Waals surface area contributed by atoms with Gasteiger partial charge in [-0.05, 0) is 19.1 Å². The van der Waals surface area contributed by atoms with E-state index in [4.69, 9.17) is 5.73 Å². The highest BCUT2D eigenvalue weighted by atomic mass is 32.1. The number of hydrogen-bond donors (Lipinski definition) is 1. The van der Waals surface area contributed by atoms with Crippen LogP contribution in [0.15, 0.2) is 23.6 Å². The molecule has 0 aliphatic rings. The third kappa shape index (κ3) is 3.27. The van der Waals surface area contributed by atoms with Crippen molar-refractivity contribution in [1.29, 1.82) is 0 Å². The van der Waals surface area contributed by atoms with E-state index in [0.29, 0.717) is 17.1 Å². The quantitative estimate of drug-likeness (QED) is 0.695. The maximum atomic E-state index is 13.4. The first-order chi connectivity index (χ1) is 9.70. The summed E-state index contributed by atoms with van der Waals surface area (Å²) in [5.41, 5.74) is 4.04. The Hall–Kier alpha value is -1.80. The second-order valence-corrected chi connectivity index (χ2v) is 5.27. The molecule has 0 amide bonds. The first kappa shape index (κ1) is 15.6. The van der Waals surface area contributed by atoms with Crippen LogP contribution in [0, 0.1) is 5.82 Å². The van der Waals surface area contributed by atoms with Gasteiger partial charge >= 0.3 is 6.18 Å². The molecule has 0 radical (unpaired) electrons. The molecule has 0 spiro atoms. The van der Waals surface area contributed by atoms with E-state index in [9.17, 15) is 22.4 Å². The third-order valence-electron chi connectivity index (χ3n) is 2.68. The van der Waals surface area contributed by atoms with Gasteiger partial charge in [0.25, 0.3) is 0 Å². The molecule has 8 heteroatoms. The van der Waals surface area contributed by atoms with Gasteiger partial charge in [-0.25, -0.2) is 9.37 Å². The van der Waals surface area contributed by atoms with Crippen molar-refractivity contribution in [3.05, 3.63) is 51.2 Å². The molecule has 0 bridgehead atoms. The van der Waals surface area contributed by atoms with E-state index in [0.717, 1.165) is 17.4 Å². The summed E-state index contributed by atoms with van der Waals surface area (Å²) in [6, 6.07) is 1.68. The molecular weight excluding hydrogens is 308 g/mol. The summed E-state index contributed by atoms with van der Waals surface area (Å²) < 4.78 is 50.8. The van der Waals surface area contributed by atoms with Gasteiger partial charge in [0.2, 0.25) is 5.78 Å². The molecule has 1 aromatic heterocycles. The monoisotopic (exact) mass is 318 g/mol. The van der Waals surface area contributed by atoms with Crippen molar-refractivity contribution in [2.24, 2.45) is 5.73 Å². The smallest absolute Gasteiger partial charge is 0.322 e. The van der Waals surface area contributed by atoms with Crippen LogP contribution in [0.25, 0.3) is 0 Å². The Balaban J connectivity index is 2.33. The fourth-order valence-corrected chi connectivity index (χ4v) is 2.39. The number of carbonyl (C=O) groups excluding carboxylic acids is 1. The highest BCUT2D eigenvalue weighted by Gasteiger charge is 2.34. The van der Waals surface area contributed by atoms with E-state index in [2.05, 4.69) is 4.98 Å². The summed E-state index contributed by atoms with van der Waals surface area (Å²) in [5, 5.41) is 1.96. The molecule has 1 unspecified atom stereocenters. The van der Waals surface area contributed by atoms with E-state index < -0.39 is 23.3 Å². The second kappa shape index (κ2) is 5.53. The molecule has 0 aliphatic carbocycles. The number of aromatic nitrogens is 1. The van der Waals surface area contributed by atoms with Crippen LogP contribution in [0.4, 0.5) is 17.6 Å². The Bertz CT molecular complexity index is 679. The Morgan fingerprint density at radius 1 is 1.38 bits per heavy atom. The molecule has 1 atom stereocenters. The van der Waals surface area contributed by atoms with Gasteiger partial charge in [-0.15, -0.1) is 11.3 Å². The van der Waals surface area contributed by atoms with Gasteiger partial charge in [0.05, 0.1) is 11.6 Å². The molecule has 2 N–H and O–H groups in total. The van der Waals surface area contributed by atoms with Crippen LogP contribution in [0.3, 0.4) is 0 Å². The van der Waals surface area contributed by atoms with Crippen molar-refractivity contribution in [3.8, 4) is 0 Å². The molecule has 2 rings (SSSR count). The molecule has 21 heavy (non-hydrogen) atoms. The van der Waals surface area contributed by atoms with Gasteiger partial charge in [-0.3, -0.25) is 4.79 Å². The van der Waals surface area contributed by atoms with E-state index in [1.165, 1.54) is 5.38 Å².